The first kappa shape index (κ1) is 14.4. The number of furan rings is 1. The molecular formula is C17H13ClN2O2. The summed E-state index contributed by atoms with van der Waals surface area (Å²) >= 11 is 5.96. The quantitative estimate of drug-likeness (QED) is 0.771. The van der Waals surface area contributed by atoms with Crippen molar-refractivity contribution >= 4 is 23.3 Å². The van der Waals surface area contributed by atoms with Gasteiger partial charge in [0.2, 0.25) is 0 Å². The van der Waals surface area contributed by atoms with E-state index in [4.69, 9.17) is 16.0 Å². The van der Waals surface area contributed by atoms with Crippen molar-refractivity contribution < 1.29 is 9.21 Å². The van der Waals surface area contributed by atoms with Gasteiger partial charge in [0.25, 0.3) is 5.91 Å². The van der Waals surface area contributed by atoms with Gasteiger partial charge in [-0.25, -0.2) is 4.98 Å². The minimum atomic E-state index is -0.341. The smallest absolute Gasteiger partial charge is 0.292 e. The van der Waals surface area contributed by atoms with Crippen LogP contribution in [0, 0.1) is 6.92 Å². The molecule has 1 aromatic carbocycles. The van der Waals surface area contributed by atoms with Crippen LogP contribution in [-0.2, 0) is 0 Å². The third-order valence-electron chi connectivity index (χ3n) is 3.10. The van der Waals surface area contributed by atoms with Crippen LogP contribution < -0.4 is 5.32 Å². The van der Waals surface area contributed by atoms with E-state index in [-0.39, 0.29) is 11.7 Å². The van der Waals surface area contributed by atoms with E-state index >= 15 is 0 Å². The van der Waals surface area contributed by atoms with Gasteiger partial charge in [-0.1, -0.05) is 23.7 Å². The highest BCUT2D eigenvalue weighted by Gasteiger charge is 2.13. The number of hydrogen-bond acceptors (Lipinski definition) is 3. The Labute approximate surface area is 132 Å². The number of rotatable bonds is 3. The van der Waals surface area contributed by atoms with Crippen LogP contribution in [0.25, 0.3) is 11.3 Å². The lowest BCUT2D eigenvalue weighted by atomic mass is 10.2. The zero-order valence-electron chi connectivity index (χ0n) is 11.8. The highest BCUT2D eigenvalue weighted by atomic mass is 35.5. The molecule has 0 aliphatic heterocycles. The zero-order chi connectivity index (χ0) is 15.5. The van der Waals surface area contributed by atoms with Gasteiger partial charge in [-0.3, -0.25) is 4.79 Å². The molecule has 0 aliphatic carbocycles. The predicted octanol–water partition coefficient (Wildman–Crippen LogP) is 4.56. The number of halogens is 1. The second-order valence-corrected chi connectivity index (χ2v) is 5.28. The van der Waals surface area contributed by atoms with Gasteiger partial charge < -0.3 is 9.73 Å². The molecular weight excluding hydrogens is 300 g/mol. The molecule has 1 amide bonds. The van der Waals surface area contributed by atoms with E-state index in [1.54, 1.807) is 36.5 Å². The molecule has 110 valence electrons. The van der Waals surface area contributed by atoms with Crippen LogP contribution in [0.1, 0.15) is 16.1 Å². The zero-order valence-corrected chi connectivity index (χ0v) is 12.6. The molecule has 0 fully saturated rings. The van der Waals surface area contributed by atoms with Crippen LogP contribution in [-0.4, -0.2) is 10.9 Å². The maximum absolute atomic E-state index is 12.2. The van der Waals surface area contributed by atoms with Crippen molar-refractivity contribution in [2.24, 2.45) is 0 Å². The molecule has 0 radical (unpaired) electrons. The summed E-state index contributed by atoms with van der Waals surface area (Å²) in [5, 5.41) is 3.32. The SMILES string of the molecule is Cc1ccnc(NC(=O)c2ccc(-c3cccc(Cl)c3)o2)c1. The fraction of sp³-hybridized carbons (Fsp3) is 0.0588. The first-order valence-electron chi connectivity index (χ1n) is 6.71. The maximum atomic E-state index is 12.2. The van der Waals surface area contributed by atoms with Gasteiger partial charge in [0.1, 0.15) is 11.6 Å². The number of amides is 1. The fourth-order valence-electron chi connectivity index (χ4n) is 2.04. The Kier molecular flexibility index (Phi) is 3.94. The van der Waals surface area contributed by atoms with Gasteiger partial charge in [-0.2, -0.15) is 0 Å². The lowest BCUT2D eigenvalue weighted by Gasteiger charge is -2.03. The summed E-state index contributed by atoms with van der Waals surface area (Å²) in [6.07, 6.45) is 1.64. The number of aryl methyl sites for hydroxylation is 1. The maximum Gasteiger partial charge on any atom is 0.292 e. The van der Waals surface area contributed by atoms with Crippen molar-refractivity contribution in [1.29, 1.82) is 0 Å². The number of carbonyl (C=O) groups is 1. The van der Waals surface area contributed by atoms with E-state index in [2.05, 4.69) is 10.3 Å². The Morgan fingerprint density at radius 2 is 2.05 bits per heavy atom. The van der Waals surface area contributed by atoms with Crippen LogP contribution in [0.4, 0.5) is 5.82 Å². The first-order chi connectivity index (χ1) is 10.6. The third-order valence-corrected chi connectivity index (χ3v) is 3.33. The lowest BCUT2D eigenvalue weighted by Crippen LogP contribution is -2.11. The molecule has 0 unspecified atom stereocenters. The Hall–Kier alpha value is -2.59. The number of carbonyl (C=O) groups excluding carboxylic acids is 1. The van der Waals surface area contributed by atoms with Crippen molar-refractivity contribution in [3.8, 4) is 11.3 Å². The standard InChI is InChI=1S/C17H13ClN2O2/c1-11-7-8-19-16(9-11)20-17(21)15-6-5-14(22-15)12-3-2-4-13(18)10-12/h2-10H,1H3,(H,19,20,21). The summed E-state index contributed by atoms with van der Waals surface area (Å²) in [7, 11) is 0. The molecule has 2 heterocycles. The summed E-state index contributed by atoms with van der Waals surface area (Å²) in [4.78, 5) is 16.3. The number of nitrogens with one attached hydrogen (secondary N) is 1. The van der Waals surface area contributed by atoms with Crippen molar-refractivity contribution in [1.82, 2.24) is 4.98 Å². The highest BCUT2D eigenvalue weighted by Crippen LogP contribution is 2.25. The van der Waals surface area contributed by atoms with Gasteiger partial charge in [-0.15, -0.1) is 0 Å². The molecule has 4 nitrogen and oxygen atoms in total. The molecule has 22 heavy (non-hydrogen) atoms. The van der Waals surface area contributed by atoms with E-state index in [1.807, 2.05) is 25.1 Å². The molecule has 0 saturated heterocycles. The molecule has 3 aromatic rings. The van der Waals surface area contributed by atoms with E-state index in [1.165, 1.54) is 0 Å². The largest absolute Gasteiger partial charge is 0.451 e. The lowest BCUT2D eigenvalue weighted by molar-refractivity contribution is 0.0997. The number of aromatic nitrogens is 1. The molecule has 0 aliphatic rings. The second-order valence-electron chi connectivity index (χ2n) is 4.85. The summed E-state index contributed by atoms with van der Waals surface area (Å²) in [5.74, 6) is 0.959. The summed E-state index contributed by atoms with van der Waals surface area (Å²) in [6.45, 7) is 1.93. The topological polar surface area (TPSA) is 55.1 Å². The normalized spacial score (nSPS) is 10.5. The van der Waals surface area contributed by atoms with Gasteiger partial charge in [-0.05, 0) is 48.9 Å². The Bertz CT molecular complexity index is 827. The summed E-state index contributed by atoms with van der Waals surface area (Å²) < 4.78 is 5.59. The molecule has 1 N–H and O–H groups in total. The molecule has 2 aromatic heterocycles. The average Bonchev–Trinajstić information content (AvgIpc) is 2.97. The molecule has 0 bridgehead atoms. The predicted molar refractivity (Wildman–Crippen MR) is 86.1 cm³/mol. The first-order valence-corrected chi connectivity index (χ1v) is 7.09. The van der Waals surface area contributed by atoms with Gasteiger partial charge >= 0.3 is 0 Å². The van der Waals surface area contributed by atoms with Gasteiger partial charge in [0.05, 0.1) is 0 Å². The van der Waals surface area contributed by atoms with Crippen LogP contribution in [0.15, 0.2) is 59.1 Å². The number of hydrogen-bond donors (Lipinski definition) is 1. The number of pyridine rings is 1. The monoisotopic (exact) mass is 312 g/mol. The number of nitrogens with zero attached hydrogens (tertiary/aromatic N) is 1. The Morgan fingerprint density at radius 1 is 1.18 bits per heavy atom. The van der Waals surface area contributed by atoms with Crippen LogP contribution in [0.2, 0.25) is 5.02 Å². The van der Waals surface area contributed by atoms with E-state index < -0.39 is 0 Å². The molecule has 5 heteroatoms. The second kappa shape index (κ2) is 6.03. The Balaban J connectivity index is 1.80. The third kappa shape index (κ3) is 3.18. The Morgan fingerprint density at radius 3 is 2.82 bits per heavy atom. The van der Waals surface area contributed by atoms with Gasteiger partial charge in [0.15, 0.2) is 5.76 Å². The minimum absolute atomic E-state index is 0.221. The van der Waals surface area contributed by atoms with E-state index in [0.29, 0.717) is 16.6 Å². The number of anilines is 1. The van der Waals surface area contributed by atoms with E-state index in [0.717, 1.165) is 11.1 Å². The number of benzene rings is 1. The van der Waals surface area contributed by atoms with E-state index in [9.17, 15) is 4.79 Å². The molecule has 3 rings (SSSR count). The molecule has 0 atom stereocenters. The minimum Gasteiger partial charge on any atom is -0.451 e. The molecule has 0 saturated carbocycles. The average molecular weight is 313 g/mol. The summed E-state index contributed by atoms with van der Waals surface area (Å²) in [6, 6.07) is 14.3. The fourth-order valence-corrected chi connectivity index (χ4v) is 2.23. The van der Waals surface area contributed by atoms with Gasteiger partial charge in [0, 0.05) is 16.8 Å². The van der Waals surface area contributed by atoms with Crippen molar-refractivity contribution in [3.05, 3.63) is 71.1 Å². The van der Waals surface area contributed by atoms with Crippen LogP contribution in [0.5, 0.6) is 0 Å². The van der Waals surface area contributed by atoms with Crippen LogP contribution in [0.3, 0.4) is 0 Å². The van der Waals surface area contributed by atoms with Crippen LogP contribution >= 0.6 is 11.6 Å². The summed E-state index contributed by atoms with van der Waals surface area (Å²) in [5.41, 5.74) is 1.84. The highest BCUT2D eigenvalue weighted by molar-refractivity contribution is 6.30. The van der Waals surface area contributed by atoms with Crippen molar-refractivity contribution in [2.75, 3.05) is 5.32 Å². The van der Waals surface area contributed by atoms with Crippen molar-refractivity contribution in [3.63, 3.8) is 0 Å². The molecule has 0 spiro atoms. The van der Waals surface area contributed by atoms with Crippen molar-refractivity contribution in [2.45, 2.75) is 6.92 Å².